The van der Waals surface area contributed by atoms with Gasteiger partial charge in [-0.2, -0.15) is 4.98 Å². The van der Waals surface area contributed by atoms with Crippen molar-refractivity contribution in [3.8, 4) is 5.88 Å². The van der Waals surface area contributed by atoms with E-state index in [0.717, 1.165) is 45.3 Å². The van der Waals surface area contributed by atoms with Crippen LogP contribution in [0.5, 0.6) is 5.88 Å². The number of nitrogen functional groups attached to an aromatic ring is 1. The lowest BCUT2D eigenvalue weighted by Gasteiger charge is -2.26. The van der Waals surface area contributed by atoms with Crippen LogP contribution >= 0.6 is 11.6 Å². The Balaban J connectivity index is 1.46. The Morgan fingerprint density at radius 3 is 2.65 bits per heavy atom. The van der Waals surface area contributed by atoms with Gasteiger partial charge in [0, 0.05) is 23.9 Å². The van der Waals surface area contributed by atoms with Gasteiger partial charge in [-0.3, -0.25) is 9.69 Å². The minimum absolute atomic E-state index is 0.000772. The SMILES string of the molecule is Nc1nc(OCCN2CCCCC2)ccc1NC(=O)C1CCC(Cl)CC1. The number of likely N-dealkylation sites (tertiary alicyclic amines) is 1. The molecule has 0 spiro atoms. The van der Waals surface area contributed by atoms with Gasteiger partial charge in [0.15, 0.2) is 5.82 Å². The van der Waals surface area contributed by atoms with Crippen LogP contribution in [0.1, 0.15) is 44.9 Å². The summed E-state index contributed by atoms with van der Waals surface area (Å²) in [6.45, 7) is 3.80. The van der Waals surface area contributed by atoms with Gasteiger partial charge in [-0.25, -0.2) is 0 Å². The summed E-state index contributed by atoms with van der Waals surface area (Å²) in [5.74, 6) is 0.797. The van der Waals surface area contributed by atoms with E-state index < -0.39 is 0 Å². The largest absolute Gasteiger partial charge is 0.476 e. The molecular weight excluding hydrogens is 352 g/mol. The Labute approximate surface area is 160 Å². The molecule has 7 heteroatoms. The minimum Gasteiger partial charge on any atom is -0.476 e. The predicted molar refractivity (Wildman–Crippen MR) is 105 cm³/mol. The number of ether oxygens (including phenoxy) is 1. The van der Waals surface area contributed by atoms with Gasteiger partial charge in [-0.05, 0) is 57.7 Å². The van der Waals surface area contributed by atoms with E-state index in [2.05, 4.69) is 15.2 Å². The van der Waals surface area contributed by atoms with Gasteiger partial charge in [0.1, 0.15) is 6.61 Å². The summed E-state index contributed by atoms with van der Waals surface area (Å²) in [6, 6.07) is 3.53. The summed E-state index contributed by atoms with van der Waals surface area (Å²) >= 11 is 6.10. The van der Waals surface area contributed by atoms with E-state index in [1.807, 2.05) is 0 Å². The molecule has 1 amide bonds. The summed E-state index contributed by atoms with van der Waals surface area (Å²) in [4.78, 5) is 19.1. The second-order valence-electron chi connectivity index (χ2n) is 7.27. The molecule has 0 atom stereocenters. The molecule has 3 rings (SSSR count). The van der Waals surface area contributed by atoms with Gasteiger partial charge in [0.2, 0.25) is 11.8 Å². The number of nitrogens with zero attached hydrogens (tertiary/aromatic N) is 2. The smallest absolute Gasteiger partial charge is 0.227 e. The van der Waals surface area contributed by atoms with Crippen molar-refractivity contribution in [2.45, 2.75) is 50.3 Å². The average molecular weight is 381 g/mol. The highest BCUT2D eigenvalue weighted by Gasteiger charge is 2.25. The average Bonchev–Trinajstić information content (AvgIpc) is 2.65. The molecule has 1 saturated carbocycles. The Bertz CT molecular complexity index is 599. The van der Waals surface area contributed by atoms with Crippen LogP contribution in [0.3, 0.4) is 0 Å². The first kappa shape index (κ1) is 19.2. The molecule has 0 aromatic carbocycles. The standard InChI is InChI=1S/C19H29ClN4O2/c20-15-6-4-14(5-7-15)19(25)22-16-8-9-17(23-18(16)21)26-13-12-24-10-2-1-3-11-24/h8-9,14-15H,1-7,10-13H2,(H2,21,23)(H,22,25). The monoisotopic (exact) mass is 380 g/mol. The molecule has 6 nitrogen and oxygen atoms in total. The second kappa shape index (κ2) is 9.42. The van der Waals surface area contributed by atoms with Crippen LogP contribution in [-0.4, -0.2) is 47.4 Å². The number of amides is 1. The van der Waals surface area contributed by atoms with Crippen molar-refractivity contribution in [3.63, 3.8) is 0 Å². The van der Waals surface area contributed by atoms with E-state index in [4.69, 9.17) is 22.1 Å². The number of carbonyl (C=O) groups is 1. The number of piperidine rings is 1. The zero-order valence-electron chi connectivity index (χ0n) is 15.3. The number of hydrogen-bond acceptors (Lipinski definition) is 5. The summed E-state index contributed by atoms with van der Waals surface area (Å²) in [6.07, 6.45) is 7.29. The zero-order valence-corrected chi connectivity index (χ0v) is 16.0. The van der Waals surface area contributed by atoms with Crippen LogP contribution in [0.15, 0.2) is 12.1 Å². The number of nitrogens with two attached hydrogens (primary N) is 1. The van der Waals surface area contributed by atoms with E-state index in [-0.39, 0.29) is 17.2 Å². The van der Waals surface area contributed by atoms with Crippen LogP contribution in [-0.2, 0) is 4.79 Å². The maximum Gasteiger partial charge on any atom is 0.227 e. The fraction of sp³-hybridized carbons (Fsp3) is 0.684. The molecule has 26 heavy (non-hydrogen) atoms. The normalized spacial score (nSPS) is 24.2. The molecule has 144 valence electrons. The number of halogens is 1. The topological polar surface area (TPSA) is 80.5 Å². The number of hydrogen-bond donors (Lipinski definition) is 2. The van der Waals surface area contributed by atoms with Crippen LogP contribution in [0.25, 0.3) is 0 Å². The first-order chi connectivity index (χ1) is 12.6. The summed E-state index contributed by atoms with van der Waals surface area (Å²) < 4.78 is 5.72. The second-order valence-corrected chi connectivity index (χ2v) is 7.89. The lowest BCUT2D eigenvalue weighted by molar-refractivity contribution is -0.120. The van der Waals surface area contributed by atoms with Crippen molar-refractivity contribution in [1.29, 1.82) is 0 Å². The molecule has 1 aliphatic carbocycles. The van der Waals surface area contributed by atoms with E-state index >= 15 is 0 Å². The molecule has 2 aliphatic rings. The lowest BCUT2D eigenvalue weighted by Crippen LogP contribution is -2.33. The number of anilines is 2. The Kier molecular flexibility index (Phi) is 6.97. The molecule has 2 fully saturated rings. The van der Waals surface area contributed by atoms with Crippen LogP contribution in [0.4, 0.5) is 11.5 Å². The van der Waals surface area contributed by atoms with Crippen LogP contribution in [0.2, 0.25) is 0 Å². The van der Waals surface area contributed by atoms with E-state index in [0.29, 0.717) is 24.0 Å². The molecule has 0 bridgehead atoms. The Morgan fingerprint density at radius 2 is 1.96 bits per heavy atom. The Hall–Kier alpha value is -1.53. The quantitative estimate of drug-likeness (QED) is 0.740. The number of carbonyl (C=O) groups excluding carboxylic acids is 1. The maximum absolute atomic E-state index is 12.4. The van der Waals surface area contributed by atoms with Crippen molar-refractivity contribution < 1.29 is 9.53 Å². The minimum atomic E-state index is 0.000772. The van der Waals surface area contributed by atoms with Crippen molar-refractivity contribution in [2.24, 2.45) is 5.92 Å². The first-order valence-corrected chi connectivity index (χ1v) is 10.1. The van der Waals surface area contributed by atoms with Gasteiger partial charge in [0.05, 0.1) is 5.69 Å². The highest BCUT2D eigenvalue weighted by atomic mass is 35.5. The van der Waals surface area contributed by atoms with Crippen LogP contribution < -0.4 is 15.8 Å². The third kappa shape index (κ3) is 5.48. The molecule has 1 saturated heterocycles. The van der Waals surface area contributed by atoms with Gasteiger partial charge >= 0.3 is 0 Å². The van der Waals surface area contributed by atoms with E-state index in [1.165, 1.54) is 19.3 Å². The number of nitrogens with one attached hydrogen (secondary N) is 1. The summed E-state index contributed by atoms with van der Waals surface area (Å²) in [5.41, 5.74) is 6.55. The summed E-state index contributed by atoms with van der Waals surface area (Å²) in [7, 11) is 0. The molecular formula is C19H29ClN4O2. The number of aromatic nitrogens is 1. The third-order valence-corrected chi connectivity index (χ3v) is 5.73. The molecule has 1 aromatic heterocycles. The fourth-order valence-corrected chi connectivity index (χ4v) is 3.91. The van der Waals surface area contributed by atoms with Crippen molar-refractivity contribution in [3.05, 3.63) is 12.1 Å². The molecule has 0 radical (unpaired) electrons. The molecule has 2 heterocycles. The van der Waals surface area contributed by atoms with E-state index in [9.17, 15) is 4.79 Å². The van der Waals surface area contributed by atoms with Crippen molar-refractivity contribution >= 4 is 29.0 Å². The predicted octanol–water partition coefficient (Wildman–Crippen LogP) is 3.26. The fourth-order valence-electron chi connectivity index (χ4n) is 3.65. The summed E-state index contributed by atoms with van der Waals surface area (Å²) in [5, 5.41) is 3.10. The van der Waals surface area contributed by atoms with Gasteiger partial charge in [-0.1, -0.05) is 6.42 Å². The van der Waals surface area contributed by atoms with Gasteiger partial charge in [0.25, 0.3) is 0 Å². The molecule has 0 unspecified atom stereocenters. The number of rotatable bonds is 6. The first-order valence-electron chi connectivity index (χ1n) is 9.68. The molecule has 1 aromatic rings. The van der Waals surface area contributed by atoms with Crippen molar-refractivity contribution in [1.82, 2.24) is 9.88 Å². The van der Waals surface area contributed by atoms with Crippen LogP contribution in [0, 0.1) is 5.92 Å². The van der Waals surface area contributed by atoms with Crippen molar-refractivity contribution in [2.75, 3.05) is 37.3 Å². The maximum atomic E-state index is 12.4. The highest BCUT2D eigenvalue weighted by Crippen LogP contribution is 2.29. The zero-order chi connectivity index (χ0) is 18.4. The van der Waals surface area contributed by atoms with E-state index in [1.54, 1.807) is 12.1 Å². The highest BCUT2D eigenvalue weighted by molar-refractivity contribution is 6.20. The molecule has 1 aliphatic heterocycles. The lowest BCUT2D eigenvalue weighted by atomic mass is 9.88. The van der Waals surface area contributed by atoms with Gasteiger partial charge in [-0.15, -0.1) is 11.6 Å². The number of alkyl halides is 1. The molecule has 3 N–H and O–H groups in total. The third-order valence-electron chi connectivity index (χ3n) is 5.29. The Morgan fingerprint density at radius 1 is 1.23 bits per heavy atom. The number of pyridine rings is 1. The van der Waals surface area contributed by atoms with Gasteiger partial charge < -0.3 is 15.8 Å².